The third kappa shape index (κ3) is 3.79. The molecule has 1 unspecified atom stereocenters. The molecular formula is C11H16N4O5S. The second kappa shape index (κ2) is 5.82. The van der Waals surface area contributed by atoms with E-state index >= 15 is 0 Å². The highest BCUT2D eigenvalue weighted by molar-refractivity contribution is 7.89. The van der Waals surface area contributed by atoms with Crippen molar-refractivity contribution < 1.29 is 22.7 Å². The van der Waals surface area contributed by atoms with Crippen LogP contribution in [0.2, 0.25) is 0 Å². The Labute approximate surface area is 122 Å². The fourth-order valence-corrected chi connectivity index (χ4v) is 3.02. The van der Waals surface area contributed by atoms with Gasteiger partial charge in [-0.2, -0.15) is 9.97 Å². The minimum atomic E-state index is -3.63. The molecule has 1 aliphatic heterocycles. The van der Waals surface area contributed by atoms with Gasteiger partial charge in [-0.1, -0.05) is 0 Å². The topological polar surface area (TPSA) is 125 Å². The Kier molecular flexibility index (Phi) is 4.28. The van der Waals surface area contributed by atoms with Crippen LogP contribution in [0.25, 0.3) is 0 Å². The summed E-state index contributed by atoms with van der Waals surface area (Å²) in [5.41, 5.74) is 0. The van der Waals surface area contributed by atoms with E-state index in [-0.39, 0.29) is 48.3 Å². The number of anilines is 1. The highest BCUT2D eigenvalue weighted by Gasteiger charge is 2.34. The molecule has 21 heavy (non-hydrogen) atoms. The number of hydrogen-bond donors (Lipinski definition) is 1. The smallest absolute Gasteiger partial charge is 0.238 e. The summed E-state index contributed by atoms with van der Waals surface area (Å²) in [4.78, 5) is 21.5. The van der Waals surface area contributed by atoms with Gasteiger partial charge in [-0.05, 0) is 0 Å². The molecule has 116 valence electrons. The van der Waals surface area contributed by atoms with Gasteiger partial charge < -0.3 is 9.47 Å². The number of aromatic nitrogens is 2. The molecule has 0 saturated carbocycles. The van der Waals surface area contributed by atoms with Gasteiger partial charge in [-0.25, -0.2) is 13.6 Å². The Hall–Kier alpha value is -1.94. The molecule has 0 radical (unpaired) electrons. The number of ether oxygens (including phenoxy) is 2. The molecule has 1 fully saturated rings. The Morgan fingerprint density at radius 2 is 1.90 bits per heavy atom. The van der Waals surface area contributed by atoms with Gasteiger partial charge in [0.2, 0.25) is 33.6 Å². The van der Waals surface area contributed by atoms with Gasteiger partial charge in [0.25, 0.3) is 0 Å². The van der Waals surface area contributed by atoms with Crippen molar-refractivity contribution in [2.24, 2.45) is 11.1 Å². The van der Waals surface area contributed by atoms with Gasteiger partial charge in [-0.3, -0.25) is 9.69 Å². The van der Waals surface area contributed by atoms with Gasteiger partial charge in [0.1, 0.15) is 0 Å². The van der Waals surface area contributed by atoms with Crippen LogP contribution in [0.15, 0.2) is 6.07 Å². The zero-order chi connectivity index (χ0) is 15.6. The molecule has 0 bridgehead atoms. The van der Waals surface area contributed by atoms with Crippen LogP contribution >= 0.6 is 0 Å². The predicted octanol–water partition coefficient (Wildman–Crippen LogP) is -0.865. The summed E-state index contributed by atoms with van der Waals surface area (Å²) in [6.45, 7) is 0.186. The van der Waals surface area contributed by atoms with E-state index in [1.165, 1.54) is 25.2 Å². The number of nitrogens with two attached hydrogens (primary N) is 1. The first-order valence-electron chi connectivity index (χ1n) is 6.10. The molecule has 1 amide bonds. The summed E-state index contributed by atoms with van der Waals surface area (Å²) in [7, 11) is -0.768. The maximum Gasteiger partial charge on any atom is 0.238 e. The normalized spacial score (nSPS) is 18.9. The maximum atomic E-state index is 12.0. The van der Waals surface area contributed by atoms with Crippen LogP contribution in [0, 0.1) is 5.92 Å². The zero-order valence-electron chi connectivity index (χ0n) is 11.6. The van der Waals surface area contributed by atoms with Crippen molar-refractivity contribution in [3.8, 4) is 11.8 Å². The van der Waals surface area contributed by atoms with Crippen molar-refractivity contribution in [1.29, 1.82) is 0 Å². The fraction of sp³-hybridized carbons (Fsp3) is 0.545. The van der Waals surface area contributed by atoms with Crippen molar-refractivity contribution in [1.82, 2.24) is 9.97 Å². The van der Waals surface area contributed by atoms with E-state index in [2.05, 4.69) is 9.97 Å². The fourth-order valence-electron chi connectivity index (χ4n) is 2.14. The number of carbonyl (C=O) groups is 1. The summed E-state index contributed by atoms with van der Waals surface area (Å²) in [5, 5.41) is 5.01. The lowest BCUT2D eigenvalue weighted by Crippen LogP contribution is -2.29. The van der Waals surface area contributed by atoms with Crippen LogP contribution in [0.5, 0.6) is 11.8 Å². The van der Waals surface area contributed by atoms with E-state index in [9.17, 15) is 13.2 Å². The molecule has 9 nitrogen and oxygen atoms in total. The molecule has 2 rings (SSSR count). The molecule has 0 aromatic carbocycles. The van der Waals surface area contributed by atoms with Crippen LogP contribution in [-0.2, 0) is 14.8 Å². The Morgan fingerprint density at radius 1 is 1.33 bits per heavy atom. The number of sulfonamides is 1. The minimum absolute atomic E-state index is 0.0827. The maximum absolute atomic E-state index is 12.0. The Bertz CT molecular complexity index is 626. The Balaban J connectivity index is 2.24. The third-order valence-electron chi connectivity index (χ3n) is 3.00. The SMILES string of the molecule is COc1cc(OC)nc(N2CC(CS(N)(=O)=O)CC2=O)n1. The van der Waals surface area contributed by atoms with Crippen molar-refractivity contribution in [2.75, 3.05) is 31.4 Å². The first kappa shape index (κ1) is 15.4. The second-order valence-corrected chi connectivity index (χ2v) is 6.32. The van der Waals surface area contributed by atoms with Crippen LogP contribution < -0.4 is 19.5 Å². The van der Waals surface area contributed by atoms with Gasteiger partial charge in [0.15, 0.2) is 0 Å². The molecule has 1 aliphatic rings. The molecule has 2 heterocycles. The molecule has 10 heteroatoms. The lowest BCUT2D eigenvalue weighted by molar-refractivity contribution is -0.117. The minimum Gasteiger partial charge on any atom is -0.481 e. The van der Waals surface area contributed by atoms with E-state index in [0.717, 1.165) is 0 Å². The Morgan fingerprint density at radius 3 is 2.38 bits per heavy atom. The summed E-state index contributed by atoms with van der Waals surface area (Å²) in [5.74, 6) is -0.282. The molecule has 2 N–H and O–H groups in total. The summed E-state index contributed by atoms with van der Waals surface area (Å²) in [6.07, 6.45) is 0.0827. The summed E-state index contributed by atoms with van der Waals surface area (Å²) < 4.78 is 32.3. The molecule has 1 aromatic rings. The molecule has 1 atom stereocenters. The number of carbonyl (C=O) groups excluding carboxylic acids is 1. The van der Waals surface area contributed by atoms with Gasteiger partial charge in [0, 0.05) is 18.9 Å². The standard InChI is InChI=1S/C11H16N4O5S/c1-19-8-4-9(20-2)14-11(13-8)15-5-7(3-10(15)16)6-21(12,17)18/h4,7H,3,5-6H2,1-2H3,(H2,12,17,18). The van der Waals surface area contributed by atoms with Crippen LogP contribution in [0.4, 0.5) is 5.95 Å². The molecule has 1 aromatic heterocycles. The number of primary sulfonamides is 1. The molecule has 0 aliphatic carbocycles. The number of nitrogens with zero attached hydrogens (tertiary/aromatic N) is 3. The quantitative estimate of drug-likeness (QED) is 0.749. The average Bonchev–Trinajstić information content (AvgIpc) is 2.76. The molecular weight excluding hydrogens is 300 g/mol. The zero-order valence-corrected chi connectivity index (χ0v) is 12.5. The number of rotatable bonds is 5. The predicted molar refractivity (Wildman–Crippen MR) is 73.6 cm³/mol. The lowest BCUT2D eigenvalue weighted by atomic mass is 10.1. The second-order valence-electron chi connectivity index (χ2n) is 4.66. The number of hydrogen-bond acceptors (Lipinski definition) is 7. The van der Waals surface area contributed by atoms with Crippen molar-refractivity contribution in [3.05, 3.63) is 6.07 Å². The number of amides is 1. The largest absolute Gasteiger partial charge is 0.481 e. The van der Waals surface area contributed by atoms with E-state index in [4.69, 9.17) is 14.6 Å². The van der Waals surface area contributed by atoms with E-state index in [0.29, 0.717) is 0 Å². The van der Waals surface area contributed by atoms with Crippen molar-refractivity contribution in [3.63, 3.8) is 0 Å². The van der Waals surface area contributed by atoms with Gasteiger partial charge in [0.05, 0.1) is 26.0 Å². The van der Waals surface area contributed by atoms with Crippen LogP contribution in [-0.4, -0.2) is 50.8 Å². The third-order valence-corrected chi connectivity index (χ3v) is 3.94. The average molecular weight is 316 g/mol. The number of methoxy groups -OCH3 is 2. The first-order chi connectivity index (χ1) is 9.82. The van der Waals surface area contributed by atoms with Crippen LogP contribution in [0.1, 0.15) is 6.42 Å². The van der Waals surface area contributed by atoms with Crippen molar-refractivity contribution in [2.45, 2.75) is 6.42 Å². The van der Waals surface area contributed by atoms with E-state index in [1.807, 2.05) is 0 Å². The van der Waals surface area contributed by atoms with E-state index < -0.39 is 10.0 Å². The highest BCUT2D eigenvalue weighted by Crippen LogP contribution is 2.26. The summed E-state index contributed by atoms with van der Waals surface area (Å²) in [6, 6.07) is 1.48. The van der Waals surface area contributed by atoms with Crippen molar-refractivity contribution >= 4 is 21.9 Å². The van der Waals surface area contributed by atoms with Gasteiger partial charge >= 0.3 is 0 Å². The van der Waals surface area contributed by atoms with Gasteiger partial charge in [-0.15, -0.1) is 0 Å². The lowest BCUT2D eigenvalue weighted by Gasteiger charge is -2.15. The van der Waals surface area contributed by atoms with Crippen LogP contribution in [0.3, 0.4) is 0 Å². The monoisotopic (exact) mass is 316 g/mol. The first-order valence-corrected chi connectivity index (χ1v) is 7.82. The van der Waals surface area contributed by atoms with E-state index in [1.54, 1.807) is 0 Å². The molecule has 1 saturated heterocycles. The summed E-state index contributed by atoms with van der Waals surface area (Å²) >= 11 is 0. The highest BCUT2D eigenvalue weighted by atomic mass is 32.2. The molecule has 0 spiro atoms.